The largest absolute Gasteiger partial charge is 0.361 e. The zero-order chi connectivity index (χ0) is 15.3. The Hall–Kier alpha value is -1.60. The predicted octanol–water partition coefficient (Wildman–Crippen LogP) is 1.07. The van der Waals surface area contributed by atoms with Gasteiger partial charge in [0.1, 0.15) is 0 Å². The lowest BCUT2D eigenvalue weighted by molar-refractivity contribution is 0.358. The first kappa shape index (κ1) is 14.0. The SMILES string of the molecule is O=S1(=O)C[C@@H]2NC(=S)N(CCc3c[nH]c4ccccc34)[C@H]2C1. The Labute approximate surface area is 134 Å². The van der Waals surface area contributed by atoms with Gasteiger partial charge in [-0.1, -0.05) is 18.2 Å². The van der Waals surface area contributed by atoms with Crippen molar-refractivity contribution in [2.75, 3.05) is 18.1 Å². The minimum absolute atomic E-state index is 0.0114. The molecule has 4 rings (SSSR count). The molecule has 2 aromatic rings. The van der Waals surface area contributed by atoms with Crippen LogP contribution < -0.4 is 5.32 Å². The molecule has 5 nitrogen and oxygen atoms in total. The Bertz CT molecular complexity index is 843. The summed E-state index contributed by atoms with van der Waals surface area (Å²) in [7, 11) is -2.94. The molecular weight excluding hydrogens is 318 g/mol. The zero-order valence-corrected chi connectivity index (χ0v) is 13.6. The summed E-state index contributed by atoms with van der Waals surface area (Å²) < 4.78 is 23.6. The van der Waals surface area contributed by atoms with Crippen LogP contribution in [0.4, 0.5) is 0 Å². The lowest BCUT2D eigenvalue weighted by atomic mass is 10.1. The van der Waals surface area contributed by atoms with Crippen LogP contribution in [0.5, 0.6) is 0 Å². The molecule has 1 aromatic carbocycles. The average Bonchev–Trinajstić information content (AvgIpc) is 3.08. The van der Waals surface area contributed by atoms with Crippen molar-refractivity contribution in [2.24, 2.45) is 0 Å². The topological polar surface area (TPSA) is 65.2 Å². The molecule has 2 fully saturated rings. The van der Waals surface area contributed by atoms with Crippen LogP contribution in [0.1, 0.15) is 5.56 Å². The Morgan fingerprint density at radius 2 is 2.09 bits per heavy atom. The molecule has 0 bridgehead atoms. The minimum Gasteiger partial charge on any atom is -0.361 e. The highest BCUT2D eigenvalue weighted by Crippen LogP contribution is 2.25. The summed E-state index contributed by atoms with van der Waals surface area (Å²) in [6, 6.07) is 8.14. The quantitative estimate of drug-likeness (QED) is 0.822. The molecular formula is C15H17N3O2S2. The normalized spacial score (nSPS) is 26.4. The van der Waals surface area contributed by atoms with E-state index in [0.29, 0.717) is 5.11 Å². The van der Waals surface area contributed by atoms with E-state index < -0.39 is 9.84 Å². The molecule has 116 valence electrons. The Morgan fingerprint density at radius 1 is 1.27 bits per heavy atom. The summed E-state index contributed by atoms with van der Waals surface area (Å²) in [5.41, 5.74) is 2.36. The van der Waals surface area contributed by atoms with E-state index >= 15 is 0 Å². The molecule has 0 aliphatic carbocycles. The molecule has 3 heterocycles. The highest BCUT2D eigenvalue weighted by molar-refractivity contribution is 7.91. The third-order valence-corrected chi connectivity index (χ3v) is 6.66. The van der Waals surface area contributed by atoms with Crippen LogP contribution in [0.2, 0.25) is 0 Å². The van der Waals surface area contributed by atoms with E-state index in [9.17, 15) is 8.42 Å². The number of H-pyrrole nitrogens is 1. The number of hydrogen-bond donors (Lipinski definition) is 2. The van der Waals surface area contributed by atoms with Crippen molar-refractivity contribution in [3.63, 3.8) is 0 Å². The Morgan fingerprint density at radius 3 is 2.95 bits per heavy atom. The molecule has 0 unspecified atom stereocenters. The predicted molar refractivity (Wildman–Crippen MR) is 90.7 cm³/mol. The standard InChI is InChI=1S/C15H17N3O2S2/c19-22(20)8-13-14(9-22)18(15(21)17-13)6-5-10-7-16-12-4-2-1-3-11(10)12/h1-4,7,13-14,16H,5-6,8-9H2,(H,17,21)/t13-,14-/m0/s1. The van der Waals surface area contributed by atoms with Crippen molar-refractivity contribution in [1.82, 2.24) is 15.2 Å². The van der Waals surface area contributed by atoms with E-state index in [0.717, 1.165) is 18.5 Å². The monoisotopic (exact) mass is 335 g/mol. The average molecular weight is 335 g/mol. The summed E-state index contributed by atoms with van der Waals surface area (Å²) in [5.74, 6) is 0.403. The van der Waals surface area contributed by atoms with Crippen LogP contribution in [0.15, 0.2) is 30.5 Å². The molecule has 22 heavy (non-hydrogen) atoms. The molecule has 0 amide bonds. The van der Waals surface area contributed by atoms with Gasteiger partial charge < -0.3 is 15.2 Å². The van der Waals surface area contributed by atoms with Crippen LogP contribution in [-0.2, 0) is 16.3 Å². The van der Waals surface area contributed by atoms with Crippen molar-refractivity contribution in [1.29, 1.82) is 0 Å². The second-order valence-corrected chi connectivity index (χ2v) is 8.54. The van der Waals surface area contributed by atoms with Gasteiger partial charge in [0.25, 0.3) is 0 Å². The molecule has 1 aromatic heterocycles. The van der Waals surface area contributed by atoms with Gasteiger partial charge in [-0.25, -0.2) is 8.42 Å². The van der Waals surface area contributed by atoms with Gasteiger partial charge in [0.15, 0.2) is 14.9 Å². The number of nitrogens with one attached hydrogen (secondary N) is 2. The fraction of sp³-hybridized carbons (Fsp3) is 0.400. The number of aromatic nitrogens is 1. The molecule has 2 atom stereocenters. The van der Waals surface area contributed by atoms with Crippen molar-refractivity contribution < 1.29 is 8.42 Å². The lowest BCUT2D eigenvalue weighted by Gasteiger charge is -2.22. The van der Waals surface area contributed by atoms with Gasteiger partial charge >= 0.3 is 0 Å². The number of nitrogens with zero attached hydrogens (tertiary/aromatic N) is 1. The summed E-state index contributed by atoms with van der Waals surface area (Å²) in [6.45, 7) is 0.740. The van der Waals surface area contributed by atoms with Gasteiger partial charge in [0, 0.05) is 23.6 Å². The molecule has 2 N–H and O–H groups in total. The lowest BCUT2D eigenvalue weighted by Crippen LogP contribution is -2.38. The number of para-hydroxylation sites is 1. The first-order valence-corrected chi connectivity index (χ1v) is 9.59. The van der Waals surface area contributed by atoms with Crippen LogP contribution in [0.25, 0.3) is 10.9 Å². The summed E-state index contributed by atoms with van der Waals surface area (Å²) >= 11 is 5.37. The van der Waals surface area contributed by atoms with Crippen molar-refractivity contribution in [3.05, 3.63) is 36.0 Å². The van der Waals surface area contributed by atoms with Crippen molar-refractivity contribution in [2.45, 2.75) is 18.5 Å². The Kier molecular flexibility index (Phi) is 3.16. The van der Waals surface area contributed by atoms with Crippen LogP contribution in [0, 0.1) is 0 Å². The summed E-state index contributed by atoms with van der Waals surface area (Å²) in [6.07, 6.45) is 2.87. The maximum atomic E-state index is 11.8. The first-order valence-electron chi connectivity index (χ1n) is 7.36. The van der Waals surface area contributed by atoms with E-state index in [2.05, 4.69) is 22.4 Å². The molecule has 0 saturated carbocycles. The van der Waals surface area contributed by atoms with Crippen molar-refractivity contribution >= 4 is 38.1 Å². The van der Waals surface area contributed by atoms with Crippen LogP contribution >= 0.6 is 12.2 Å². The first-order chi connectivity index (χ1) is 10.5. The number of hydrogen-bond acceptors (Lipinski definition) is 3. The van der Waals surface area contributed by atoms with Gasteiger partial charge in [-0.3, -0.25) is 0 Å². The molecule has 2 aliphatic heterocycles. The third kappa shape index (κ3) is 2.28. The smallest absolute Gasteiger partial charge is 0.169 e. The second-order valence-electron chi connectivity index (χ2n) is 6.00. The maximum absolute atomic E-state index is 11.8. The molecule has 2 aliphatic rings. The number of aromatic amines is 1. The van der Waals surface area contributed by atoms with E-state index in [1.807, 2.05) is 23.2 Å². The van der Waals surface area contributed by atoms with Gasteiger partial charge in [-0.15, -0.1) is 0 Å². The maximum Gasteiger partial charge on any atom is 0.169 e. The van der Waals surface area contributed by atoms with Crippen molar-refractivity contribution in [3.8, 4) is 0 Å². The van der Waals surface area contributed by atoms with E-state index in [1.165, 1.54) is 10.9 Å². The molecule has 0 radical (unpaired) electrons. The third-order valence-electron chi connectivity index (χ3n) is 4.59. The zero-order valence-electron chi connectivity index (χ0n) is 12.0. The number of sulfone groups is 1. The van der Waals surface area contributed by atoms with Gasteiger partial charge in [-0.2, -0.15) is 0 Å². The summed E-state index contributed by atoms with van der Waals surface area (Å²) in [5, 5.41) is 5.06. The second kappa shape index (κ2) is 4.96. The molecule has 0 spiro atoms. The number of benzene rings is 1. The van der Waals surface area contributed by atoms with Crippen LogP contribution in [-0.4, -0.2) is 53.5 Å². The Balaban J connectivity index is 1.53. The fourth-order valence-corrected chi connectivity index (χ4v) is 5.81. The number of fused-ring (bicyclic) bond motifs is 2. The van der Waals surface area contributed by atoms with E-state index in [1.54, 1.807) is 0 Å². The molecule has 7 heteroatoms. The van der Waals surface area contributed by atoms with E-state index in [-0.39, 0.29) is 23.6 Å². The summed E-state index contributed by atoms with van der Waals surface area (Å²) in [4.78, 5) is 5.32. The van der Waals surface area contributed by atoms with Crippen LogP contribution in [0.3, 0.4) is 0 Å². The highest BCUT2D eigenvalue weighted by Gasteiger charge is 2.46. The fourth-order valence-electron chi connectivity index (χ4n) is 3.51. The van der Waals surface area contributed by atoms with Gasteiger partial charge in [0.05, 0.1) is 23.6 Å². The molecule has 2 saturated heterocycles. The number of rotatable bonds is 3. The highest BCUT2D eigenvalue weighted by atomic mass is 32.2. The minimum atomic E-state index is -2.94. The van der Waals surface area contributed by atoms with Gasteiger partial charge in [-0.05, 0) is 30.3 Å². The van der Waals surface area contributed by atoms with Gasteiger partial charge in [0.2, 0.25) is 0 Å². The van der Waals surface area contributed by atoms with E-state index in [4.69, 9.17) is 12.2 Å². The number of thiocarbonyl (C=S) groups is 1.